The summed E-state index contributed by atoms with van der Waals surface area (Å²) in [5.74, 6) is 0.117. The number of hydrogen-bond donors (Lipinski definition) is 1. The summed E-state index contributed by atoms with van der Waals surface area (Å²) >= 11 is 0. The zero-order valence-corrected chi connectivity index (χ0v) is 13.2. The molecular formula is C19H22N2O. The maximum atomic E-state index is 11.6. The highest BCUT2D eigenvalue weighted by Gasteiger charge is 2.22. The maximum absolute atomic E-state index is 11.6. The third-order valence-corrected chi connectivity index (χ3v) is 4.20. The number of amides is 1. The number of anilines is 1. The molecule has 2 aromatic carbocycles. The van der Waals surface area contributed by atoms with Crippen molar-refractivity contribution in [2.75, 3.05) is 11.4 Å². The van der Waals surface area contributed by atoms with Gasteiger partial charge in [0.2, 0.25) is 5.91 Å². The van der Waals surface area contributed by atoms with Gasteiger partial charge in [-0.05, 0) is 54.2 Å². The summed E-state index contributed by atoms with van der Waals surface area (Å²) in [4.78, 5) is 13.5. The van der Waals surface area contributed by atoms with Gasteiger partial charge >= 0.3 is 0 Å². The highest BCUT2D eigenvalue weighted by molar-refractivity contribution is 5.94. The molecule has 0 radical (unpaired) electrons. The fraction of sp³-hybridized carbons (Fsp3) is 0.316. The normalized spacial score (nSPS) is 14.8. The minimum atomic E-state index is 0.117. The molecule has 2 aromatic rings. The molecule has 22 heavy (non-hydrogen) atoms. The number of carbonyl (C=O) groups is 1. The molecule has 0 saturated heterocycles. The lowest BCUT2D eigenvalue weighted by molar-refractivity contribution is -0.116. The first kappa shape index (κ1) is 14.8. The third kappa shape index (κ3) is 2.90. The van der Waals surface area contributed by atoms with Crippen LogP contribution in [0.1, 0.15) is 25.0 Å². The van der Waals surface area contributed by atoms with E-state index in [0.29, 0.717) is 0 Å². The van der Waals surface area contributed by atoms with E-state index >= 15 is 0 Å². The average Bonchev–Trinajstić information content (AvgIpc) is 2.90. The van der Waals surface area contributed by atoms with E-state index in [2.05, 4.69) is 42.5 Å². The molecule has 1 aliphatic rings. The minimum Gasteiger partial charge on any atom is -0.328 e. The molecule has 1 unspecified atom stereocenters. The molecule has 3 heteroatoms. The average molecular weight is 294 g/mol. The van der Waals surface area contributed by atoms with Crippen molar-refractivity contribution in [1.29, 1.82) is 0 Å². The molecule has 1 amide bonds. The lowest BCUT2D eigenvalue weighted by Gasteiger charge is -2.15. The zero-order valence-electron chi connectivity index (χ0n) is 13.2. The molecule has 0 spiro atoms. The number of rotatable bonds is 3. The summed E-state index contributed by atoms with van der Waals surface area (Å²) in [5, 5.41) is 0. The number of nitrogens with two attached hydrogens (primary N) is 1. The Hall–Kier alpha value is -2.13. The summed E-state index contributed by atoms with van der Waals surface area (Å²) < 4.78 is 0. The second kappa shape index (κ2) is 5.93. The predicted molar refractivity (Wildman–Crippen MR) is 91.0 cm³/mol. The number of benzene rings is 2. The van der Waals surface area contributed by atoms with Gasteiger partial charge in [-0.2, -0.15) is 0 Å². The number of hydrogen-bond acceptors (Lipinski definition) is 2. The van der Waals surface area contributed by atoms with Crippen LogP contribution < -0.4 is 10.6 Å². The van der Waals surface area contributed by atoms with Crippen molar-refractivity contribution in [3.05, 3.63) is 53.6 Å². The van der Waals surface area contributed by atoms with E-state index in [0.717, 1.165) is 25.1 Å². The summed E-state index contributed by atoms with van der Waals surface area (Å²) in [6.45, 7) is 4.44. The fourth-order valence-electron chi connectivity index (χ4n) is 3.11. The van der Waals surface area contributed by atoms with Gasteiger partial charge in [-0.1, -0.05) is 30.3 Å². The van der Waals surface area contributed by atoms with Crippen molar-refractivity contribution >= 4 is 11.6 Å². The van der Waals surface area contributed by atoms with Gasteiger partial charge in [0, 0.05) is 25.2 Å². The molecule has 0 fully saturated rings. The Morgan fingerprint density at radius 1 is 1.18 bits per heavy atom. The van der Waals surface area contributed by atoms with Gasteiger partial charge in [-0.3, -0.25) is 4.79 Å². The molecule has 114 valence electrons. The van der Waals surface area contributed by atoms with Crippen LogP contribution in [0, 0.1) is 0 Å². The van der Waals surface area contributed by atoms with Gasteiger partial charge in [0.1, 0.15) is 0 Å². The number of fused-ring (bicyclic) bond motifs is 1. The summed E-state index contributed by atoms with van der Waals surface area (Å²) in [6.07, 6.45) is 1.84. The topological polar surface area (TPSA) is 46.3 Å². The smallest absolute Gasteiger partial charge is 0.223 e. The molecule has 1 atom stereocenters. The Labute approximate surface area is 131 Å². The second-order valence-corrected chi connectivity index (χ2v) is 6.14. The van der Waals surface area contributed by atoms with Crippen molar-refractivity contribution in [1.82, 2.24) is 0 Å². The highest BCUT2D eigenvalue weighted by atomic mass is 16.2. The lowest BCUT2D eigenvalue weighted by Crippen LogP contribution is -2.25. The Balaban J connectivity index is 1.86. The van der Waals surface area contributed by atoms with E-state index in [1.165, 1.54) is 22.3 Å². The molecule has 0 saturated carbocycles. The van der Waals surface area contributed by atoms with Crippen LogP contribution in [0.5, 0.6) is 0 Å². The molecule has 1 heterocycles. The first-order valence-corrected chi connectivity index (χ1v) is 7.80. The van der Waals surface area contributed by atoms with Crippen LogP contribution in [0.25, 0.3) is 11.1 Å². The van der Waals surface area contributed by atoms with Crippen LogP contribution in [0.15, 0.2) is 42.5 Å². The molecular weight excluding hydrogens is 272 g/mol. The largest absolute Gasteiger partial charge is 0.328 e. The molecule has 3 nitrogen and oxygen atoms in total. The van der Waals surface area contributed by atoms with Gasteiger partial charge in [-0.15, -0.1) is 0 Å². The van der Waals surface area contributed by atoms with E-state index in [1.54, 1.807) is 6.92 Å². The summed E-state index contributed by atoms with van der Waals surface area (Å²) in [7, 11) is 0. The standard InChI is InChI=1S/C19H22N2O/c1-13(20)11-15-3-5-16(6-4-15)17-7-8-19-18(12-17)9-10-21(19)14(2)22/h3-8,12-13H,9-11,20H2,1-2H3. The van der Waals surface area contributed by atoms with E-state index in [-0.39, 0.29) is 11.9 Å². The number of carbonyl (C=O) groups excluding carboxylic acids is 1. The lowest BCUT2D eigenvalue weighted by atomic mass is 9.99. The van der Waals surface area contributed by atoms with Crippen molar-refractivity contribution < 1.29 is 4.79 Å². The monoisotopic (exact) mass is 294 g/mol. The SMILES string of the molecule is CC(=O)N1CCc2cc(-c3ccc(CC(C)N)cc3)ccc21. The molecule has 0 aliphatic carbocycles. The Bertz CT molecular complexity index is 689. The molecule has 1 aliphatic heterocycles. The molecule has 0 aromatic heterocycles. The minimum absolute atomic E-state index is 0.117. The van der Waals surface area contributed by atoms with E-state index < -0.39 is 0 Å². The Morgan fingerprint density at radius 3 is 2.50 bits per heavy atom. The summed E-state index contributed by atoms with van der Waals surface area (Å²) in [6, 6.07) is 15.1. The first-order chi connectivity index (χ1) is 10.5. The van der Waals surface area contributed by atoms with Crippen molar-refractivity contribution in [2.24, 2.45) is 5.73 Å². The van der Waals surface area contributed by atoms with Gasteiger partial charge in [0.05, 0.1) is 0 Å². The van der Waals surface area contributed by atoms with Crippen LogP contribution in [0.3, 0.4) is 0 Å². The van der Waals surface area contributed by atoms with Gasteiger partial charge in [0.25, 0.3) is 0 Å². The van der Waals surface area contributed by atoms with Gasteiger partial charge < -0.3 is 10.6 Å². The molecule has 0 bridgehead atoms. The van der Waals surface area contributed by atoms with Crippen molar-refractivity contribution in [2.45, 2.75) is 32.7 Å². The maximum Gasteiger partial charge on any atom is 0.223 e. The van der Waals surface area contributed by atoms with Crippen LogP contribution in [0.2, 0.25) is 0 Å². The Morgan fingerprint density at radius 2 is 1.86 bits per heavy atom. The third-order valence-electron chi connectivity index (χ3n) is 4.20. The van der Waals surface area contributed by atoms with Gasteiger partial charge in [0.15, 0.2) is 0 Å². The van der Waals surface area contributed by atoms with Crippen molar-refractivity contribution in [3.8, 4) is 11.1 Å². The highest BCUT2D eigenvalue weighted by Crippen LogP contribution is 2.32. The quantitative estimate of drug-likeness (QED) is 0.945. The van der Waals surface area contributed by atoms with E-state index in [9.17, 15) is 4.79 Å². The summed E-state index contributed by atoms with van der Waals surface area (Å²) in [5.41, 5.74) is 11.8. The van der Waals surface area contributed by atoms with E-state index in [1.807, 2.05) is 11.8 Å². The Kier molecular flexibility index (Phi) is 3.99. The predicted octanol–water partition coefficient (Wildman–Crippen LogP) is 3.15. The first-order valence-electron chi connectivity index (χ1n) is 7.80. The van der Waals surface area contributed by atoms with Gasteiger partial charge in [-0.25, -0.2) is 0 Å². The van der Waals surface area contributed by atoms with Crippen LogP contribution >= 0.6 is 0 Å². The van der Waals surface area contributed by atoms with Crippen LogP contribution in [-0.2, 0) is 17.6 Å². The second-order valence-electron chi connectivity index (χ2n) is 6.14. The molecule has 2 N–H and O–H groups in total. The fourth-order valence-corrected chi connectivity index (χ4v) is 3.11. The van der Waals surface area contributed by atoms with Crippen LogP contribution in [0.4, 0.5) is 5.69 Å². The van der Waals surface area contributed by atoms with Crippen LogP contribution in [-0.4, -0.2) is 18.5 Å². The number of nitrogens with zero attached hydrogens (tertiary/aromatic N) is 1. The molecule has 3 rings (SSSR count). The zero-order chi connectivity index (χ0) is 15.7. The van der Waals surface area contributed by atoms with Crippen molar-refractivity contribution in [3.63, 3.8) is 0 Å². The van der Waals surface area contributed by atoms with E-state index in [4.69, 9.17) is 5.73 Å².